The minimum Gasteiger partial charge on any atom is -0.355 e. The second-order valence-electron chi connectivity index (χ2n) is 6.03. The lowest BCUT2D eigenvalue weighted by molar-refractivity contribution is 0.598. The number of pyridine rings is 1. The number of hydrogen-bond acceptors (Lipinski definition) is 6. The topological polar surface area (TPSA) is 102 Å². The van der Waals surface area contributed by atoms with Crippen molar-refractivity contribution in [3.8, 4) is 11.3 Å². The maximum absolute atomic E-state index is 11.6. The Labute approximate surface area is 145 Å². The van der Waals surface area contributed by atoms with Crippen molar-refractivity contribution in [2.45, 2.75) is 17.7 Å². The molecule has 1 aromatic carbocycles. The fourth-order valence-electron chi connectivity index (χ4n) is 3.08. The summed E-state index contributed by atoms with van der Waals surface area (Å²) in [6.45, 7) is 1.91. The Balaban J connectivity index is 1.85. The van der Waals surface area contributed by atoms with Gasteiger partial charge in [0.15, 0.2) is 5.82 Å². The number of primary sulfonamides is 1. The van der Waals surface area contributed by atoms with Crippen molar-refractivity contribution in [2.24, 2.45) is 5.14 Å². The average Bonchev–Trinajstić information content (AvgIpc) is 3.14. The number of fused-ring (bicyclic) bond motifs is 1. The Morgan fingerprint density at radius 3 is 2.60 bits per heavy atom. The number of benzene rings is 1. The summed E-state index contributed by atoms with van der Waals surface area (Å²) in [4.78, 5) is 15.7. The van der Waals surface area contributed by atoms with E-state index in [1.807, 2.05) is 18.2 Å². The molecule has 0 amide bonds. The summed E-state index contributed by atoms with van der Waals surface area (Å²) in [5.74, 6) is 0.826. The lowest BCUT2D eigenvalue weighted by Gasteiger charge is -2.17. The molecule has 2 N–H and O–H groups in total. The van der Waals surface area contributed by atoms with Gasteiger partial charge < -0.3 is 4.90 Å². The van der Waals surface area contributed by atoms with Crippen molar-refractivity contribution < 1.29 is 8.42 Å². The van der Waals surface area contributed by atoms with Crippen LogP contribution in [0, 0.1) is 0 Å². The van der Waals surface area contributed by atoms with Crippen molar-refractivity contribution in [3.05, 3.63) is 42.7 Å². The molecule has 1 fully saturated rings. The van der Waals surface area contributed by atoms with Gasteiger partial charge in [-0.3, -0.25) is 0 Å². The number of nitrogens with zero attached hydrogens (tertiary/aromatic N) is 4. The molecule has 25 heavy (non-hydrogen) atoms. The highest BCUT2D eigenvalue weighted by Crippen LogP contribution is 2.28. The molecule has 0 unspecified atom stereocenters. The maximum Gasteiger partial charge on any atom is 0.238 e. The fourth-order valence-corrected chi connectivity index (χ4v) is 3.64. The van der Waals surface area contributed by atoms with Crippen LogP contribution < -0.4 is 10.0 Å². The number of rotatable bonds is 3. The largest absolute Gasteiger partial charge is 0.355 e. The first-order chi connectivity index (χ1) is 12.0. The van der Waals surface area contributed by atoms with E-state index in [0.29, 0.717) is 11.3 Å². The molecule has 0 spiro atoms. The lowest BCUT2D eigenvalue weighted by atomic mass is 10.1. The third-order valence-electron chi connectivity index (χ3n) is 4.33. The van der Waals surface area contributed by atoms with E-state index in [1.165, 1.54) is 12.1 Å². The van der Waals surface area contributed by atoms with Crippen LogP contribution in [0.4, 0.5) is 5.82 Å². The van der Waals surface area contributed by atoms with Crippen molar-refractivity contribution >= 4 is 26.9 Å². The highest BCUT2D eigenvalue weighted by molar-refractivity contribution is 7.89. The summed E-state index contributed by atoms with van der Waals surface area (Å²) < 4.78 is 23.2. The molecule has 1 aliphatic heterocycles. The zero-order chi connectivity index (χ0) is 17.4. The van der Waals surface area contributed by atoms with E-state index in [-0.39, 0.29) is 4.90 Å². The van der Waals surface area contributed by atoms with E-state index in [2.05, 4.69) is 14.9 Å². The lowest BCUT2D eigenvalue weighted by Crippen LogP contribution is -2.19. The van der Waals surface area contributed by atoms with E-state index in [0.717, 1.165) is 42.8 Å². The summed E-state index contributed by atoms with van der Waals surface area (Å²) in [7, 11) is -3.76. The van der Waals surface area contributed by atoms with E-state index in [9.17, 15) is 8.42 Å². The van der Waals surface area contributed by atoms with E-state index in [4.69, 9.17) is 10.1 Å². The molecule has 0 aliphatic carbocycles. The van der Waals surface area contributed by atoms with E-state index >= 15 is 0 Å². The van der Waals surface area contributed by atoms with Crippen LogP contribution in [0.2, 0.25) is 0 Å². The zero-order valence-electron chi connectivity index (χ0n) is 13.5. The minimum atomic E-state index is -3.76. The summed E-state index contributed by atoms with van der Waals surface area (Å²) in [6.07, 6.45) is 3.84. The quantitative estimate of drug-likeness (QED) is 0.770. The van der Waals surface area contributed by atoms with Gasteiger partial charge in [-0.25, -0.2) is 28.5 Å². The molecule has 0 bridgehead atoms. The first-order valence-corrected chi connectivity index (χ1v) is 9.57. The summed E-state index contributed by atoms with van der Waals surface area (Å²) >= 11 is 0. The summed E-state index contributed by atoms with van der Waals surface area (Å²) in [5, 5.41) is 5.23. The summed E-state index contributed by atoms with van der Waals surface area (Å²) in [6, 6.07) is 10.2. The smallest absolute Gasteiger partial charge is 0.238 e. The monoisotopic (exact) mass is 355 g/mol. The van der Waals surface area contributed by atoms with Gasteiger partial charge in [-0.05, 0) is 37.1 Å². The van der Waals surface area contributed by atoms with Crippen LogP contribution in [0.25, 0.3) is 22.3 Å². The molecule has 3 heterocycles. The molecule has 0 atom stereocenters. The fraction of sp³-hybridized carbons (Fsp3) is 0.235. The molecule has 1 saturated heterocycles. The predicted octanol–water partition coefficient (Wildman–Crippen LogP) is 1.94. The Morgan fingerprint density at radius 1 is 1.04 bits per heavy atom. The molecular formula is C17H17N5O2S. The predicted molar refractivity (Wildman–Crippen MR) is 95.6 cm³/mol. The normalized spacial score (nSPS) is 15.0. The number of aromatic nitrogens is 3. The van der Waals surface area contributed by atoms with Crippen LogP contribution in [0.15, 0.2) is 47.6 Å². The molecule has 3 aromatic rings. The van der Waals surface area contributed by atoms with Crippen molar-refractivity contribution in [1.82, 2.24) is 15.0 Å². The molecule has 8 heteroatoms. The molecule has 0 radical (unpaired) electrons. The standard InChI is InChI=1S/C17H17N5O2S/c18-25(23,24)13-5-3-4-12(10-13)14-6-7-15-16(21-14)17(20-11-19-15)22-8-1-2-9-22/h3-7,10-11H,1-2,8-9H2,(H2,18,23,24). The highest BCUT2D eigenvalue weighted by atomic mass is 32.2. The maximum atomic E-state index is 11.6. The van der Waals surface area contributed by atoms with Gasteiger partial charge in [0.2, 0.25) is 10.0 Å². The SMILES string of the molecule is NS(=O)(=O)c1cccc(-c2ccc3ncnc(N4CCCC4)c3n2)c1. The van der Waals surface area contributed by atoms with Crippen LogP contribution >= 0.6 is 0 Å². The molecule has 7 nitrogen and oxygen atoms in total. The number of nitrogens with two attached hydrogens (primary N) is 1. The highest BCUT2D eigenvalue weighted by Gasteiger charge is 2.18. The van der Waals surface area contributed by atoms with Gasteiger partial charge in [0.05, 0.1) is 16.1 Å². The number of anilines is 1. The Hall–Kier alpha value is -2.58. The van der Waals surface area contributed by atoms with Gasteiger partial charge >= 0.3 is 0 Å². The summed E-state index contributed by atoms with van der Waals surface area (Å²) in [5.41, 5.74) is 2.84. The molecular weight excluding hydrogens is 338 g/mol. The van der Waals surface area contributed by atoms with E-state index in [1.54, 1.807) is 12.4 Å². The van der Waals surface area contributed by atoms with Crippen LogP contribution in [0.5, 0.6) is 0 Å². The molecule has 4 rings (SSSR count). The second-order valence-corrected chi connectivity index (χ2v) is 7.59. The molecule has 0 saturated carbocycles. The van der Waals surface area contributed by atoms with Crippen LogP contribution in [0.1, 0.15) is 12.8 Å². The molecule has 128 valence electrons. The van der Waals surface area contributed by atoms with Gasteiger partial charge in [-0.1, -0.05) is 12.1 Å². The van der Waals surface area contributed by atoms with Gasteiger partial charge in [-0.15, -0.1) is 0 Å². The Morgan fingerprint density at radius 2 is 1.84 bits per heavy atom. The van der Waals surface area contributed by atoms with Crippen LogP contribution in [-0.2, 0) is 10.0 Å². The van der Waals surface area contributed by atoms with Crippen molar-refractivity contribution in [2.75, 3.05) is 18.0 Å². The van der Waals surface area contributed by atoms with Gasteiger partial charge in [0.25, 0.3) is 0 Å². The van der Waals surface area contributed by atoms with Crippen LogP contribution in [0.3, 0.4) is 0 Å². The van der Waals surface area contributed by atoms with Gasteiger partial charge in [0.1, 0.15) is 11.8 Å². The average molecular weight is 355 g/mol. The van der Waals surface area contributed by atoms with Gasteiger partial charge in [-0.2, -0.15) is 0 Å². The molecule has 1 aliphatic rings. The first-order valence-electron chi connectivity index (χ1n) is 8.02. The number of sulfonamides is 1. The Bertz CT molecular complexity index is 1050. The first kappa shape index (κ1) is 15.9. The van der Waals surface area contributed by atoms with Crippen LogP contribution in [-0.4, -0.2) is 36.5 Å². The van der Waals surface area contributed by atoms with E-state index < -0.39 is 10.0 Å². The minimum absolute atomic E-state index is 0.0657. The van der Waals surface area contributed by atoms with Crippen molar-refractivity contribution in [3.63, 3.8) is 0 Å². The number of hydrogen-bond donors (Lipinski definition) is 1. The van der Waals surface area contributed by atoms with Gasteiger partial charge in [0, 0.05) is 18.7 Å². The molecule has 2 aromatic heterocycles. The zero-order valence-corrected chi connectivity index (χ0v) is 14.3. The Kier molecular flexibility index (Phi) is 3.85. The third-order valence-corrected chi connectivity index (χ3v) is 5.24. The second kappa shape index (κ2) is 6.05. The van der Waals surface area contributed by atoms with Crippen molar-refractivity contribution in [1.29, 1.82) is 0 Å². The third kappa shape index (κ3) is 3.06.